The van der Waals surface area contributed by atoms with E-state index < -0.39 is 11.7 Å². The Balaban J connectivity index is 2.22. The Morgan fingerprint density at radius 2 is 2.47 bits per heavy atom. The molecular formula is C9H14BO4P. The summed E-state index contributed by atoms with van der Waals surface area (Å²) in [6.07, 6.45) is 1.50. The summed E-state index contributed by atoms with van der Waals surface area (Å²) in [5.41, 5.74) is -0.717. The van der Waals surface area contributed by atoms with Gasteiger partial charge in [0.1, 0.15) is 25.7 Å². The van der Waals surface area contributed by atoms with Crippen molar-refractivity contribution < 1.29 is 19.3 Å². The van der Waals surface area contributed by atoms with E-state index in [1.54, 1.807) is 6.08 Å². The molecule has 82 valence electrons. The third-order valence-corrected chi connectivity index (χ3v) is 3.26. The third kappa shape index (κ3) is 1.79. The number of hydrogen-bond donors (Lipinski definition) is 1. The van der Waals surface area contributed by atoms with Crippen molar-refractivity contribution in [2.75, 3.05) is 6.61 Å². The van der Waals surface area contributed by atoms with E-state index >= 15 is 0 Å². The number of aliphatic hydroxyl groups is 1. The average Bonchev–Trinajstić information content (AvgIpc) is 2.42. The van der Waals surface area contributed by atoms with Crippen LogP contribution in [0.25, 0.3) is 0 Å². The fourth-order valence-electron chi connectivity index (χ4n) is 2.13. The molecule has 6 heteroatoms. The Hall–Kier alpha value is -0.185. The Morgan fingerprint density at radius 1 is 1.73 bits per heavy atom. The van der Waals surface area contributed by atoms with Crippen molar-refractivity contribution in [3.8, 4) is 0 Å². The van der Waals surface area contributed by atoms with Gasteiger partial charge in [-0.15, -0.1) is 6.58 Å². The van der Waals surface area contributed by atoms with Gasteiger partial charge in [0, 0.05) is 0 Å². The molecule has 0 radical (unpaired) electrons. The van der Waals surface area contributed by atoms with E-state index in [2.05, 4.69) is 15.4 Å². The van der Waals surface area contributed by atoms with E-state index in [4.69, 9.17) is 14.2 Å². The lowest BCUT2D eigenvalue weighted by Crippen LogP contribution is -2.52. The van der Waals surface area contributed by atoms with Gasteiger partial charge in [-0.05, 0) is 6.42 Å². The summed E-state index contributed by atoms with van der Waals surface area (Å²) in [5, 5.41) is 10.5. The first-order valence-corrected chi connectivity index (χ1v) is 5.44. The average molecular weight is 228 g/mol. The molecule has 2 aliphatic rings. The standard InChI is InChI=1S/C9H14BO4P/c1-2-3-9(11)6-5(13-7(9)10)4-12-8(15)14-6/h2,5-7,11,15H,1,3-4,10H2/t5?,6-,7?,9+/m1/s1. The second kappa shape index (κ2) is 4.00. The summed E-state index contributed by atoms with van der Waals surface area (Å²) >= 11 is 0. The molecule has 0 bridgehead atoms. The van der Waals surface area contributed by atoms with Crippen LogP contribution in [0, 0.1) is 0 Å². The fraction of sp³-hybridized carbons (Fsp3) is 0.667. The minimum Gasteiger partial charge on any atom is -0.385 e. The molecule has 2 fully saturated rings. The van der Waals surface area contributed by atoms with E-state index in [1.165, 1.54) is 0 Å². The van der Waals surface area contributed by atoms with Gasteiger partial charge in [-0.25, -0.2) is 0 Å². The van der Waals surface area contributed by atoms with Crippen molar-refractivity contribution in [2.45, 2.75) is 30.2 Å². The summed E-state index contributed by atoms with van der Waals surface area (Å²) < 4.78 is 16.2. The molecule has 0 aromatic carbocycles. The molecule has 2 aliphatic heterocycles. The lowest BCUT2D eigenvalue weighted by Gasteiger charge is -2.34. The molecule has 4 nitrogen and oxygen atoms in total. The smallest absolute Gasteiger partial charge is 0.203 e. The molecule has 0 aromatic heterocycles. The van der Waals surface area contributed by atoms with Crippen LogP contribution in [0.1, 0.15) is 6.42 Å². The van der Waals surface area contributed by atoms with Gasteiger partial charge < -0.3 is 19.3 Å². The number of rotatable bonds is 2. The van der Waals surface area contributed by atoms with Crippen LogP contribution in [0.15, 0.2) is 12.7 Å². The largest absolute Gasteiger partial charge is 0.385 e. The molecule has 0 aromatic rings. The highest BCUT2D eigenvalue weighted by molar-refractivity contribution is 7.19. The summed E-state index contributed by atoms with van der Waals surface area (Å²) in [4.78, 5) is 0. The molecule has 2 heterocycles. The maximum atomic E-state index is 10.5. The topological polar surface area (TPSA) is 47.9 Å². The highest BCUT2D eigenvalue weighted by Gasteiger charge is 2.55. The molecule has 2 unspecified atom stereocenters. The molecule has 0 saturated carbocycles. The molecule has 0 amide bonds. The SMILES string of the molecule is BC1OC2COC(=P)O[C@H]2[C@@]1(O)CC=C. The molecule has 1 N–H and O–H groups in total. The summed E-state index contributed by atoms with van der Waals surface area (Å²) in [7, 11) is 5.01. The first-order chi connectivity index (χ1) is 7.08. The third-order valence-electron chi connectivity index (χ3n) is 3.00. The van der Waals surface area contributed by atoms with E-state index in [0.29, 0.717) is 18.7 Å². The second-order valence-electron chi connectivity index (χ2n) is 3.94. The molecular weight excluding hydrogens is 214 g/mol. The second-order valence-corrected chi connectivity index (χ2v) is 4.35. The van der Waals surface area contributed by atoms with Gasteiger partial charge in [0.05, 0.1) is 12.6 Å². The van der Waals surface area contributed by atoms with Gasteiger partial charge in [0.25, 0.3) is 0 Å². The van der Waals surface area contributed by atoms with Gasteiger partial charge in [0.15, 0.2) is 0 Å². The Labute approximate surface area is 91.8 Å². The van der Waals surface area contributed by atoms with Crippen molar-refractivity contribution in [1.82, 2.24) is 0 Å². The number of fused-ring (bicyclic) bond motifs is 1. The first-order valence-electron chi connectivity index (χ1n) is 4.94. The van der Waals surface area contributed by atoms with Crippen molar-refractivity contribution >= 4 is 22.4 Å². The van der Waals surface area contributed by atoms with Crippen LogP contribution >= 0.6 is 8.86 Å². The van der Waals surface area contributed by atoms with Crippen LogP contribution < -0.4 is 0 Å². The fourth-order valence-corrected chi connectivity index (χ4v) is 2.34. The maximum absolute atomic E-state index is 10.5. The first kappa shape index (κ1) is 11.3. The molecule has 15 heavy (non-hydrogen) atoms. The zero-order chi connectivity index (χ0) is 11.1. The zero-order valence-corrected chi connectivity index (χ0v) is 9.60. The van der Waals surface area contributed by atoms with Crippen molar-refractivity contribution in [3.05, 3.63) is 12.7 Å². The van der Waals surface area contributed by atoms with Crippen molar-refractivity contribution in [3.63, 3.8) is 0 Å². The highest BCUT2D eigenvalue weighted by Crippen LogP contribution is 2.37. The lowest BCUT2D eigenvalue weighted by atomic mass is 9.78. The molecule has 2 rings (SSSR count). The maximum Gasteiger partial charge on any atom is 0.203 e. The van der Waals surface area contributed by atoms with Crippen molar-refractivity contribution in [2.24, 2.45) is 0 Å². The Bertz CT molecular complexity index is 298. The van der Waals surface area contributed by atoms with Crippen LogP contribution in [0.5, 0.6) is 0 Å². The van der Waals surface area contributed by atoms with Crippen LogP contribution in [0.2, 0.25) is 0 Å². The van der Waals surface area contributed by atoms with Gasteiger partial charge in [-0.3, -0.25) is 0 Å². The summed E-state index contributed by atoms with van der Waals surface area (Å²) in [6, 6.07) is -0.285. The molecule has 4 atom stereocenters. The lowest BCUT2D eigenvalue weighted by molar-refractivity contribution is -0.0829. The van der Waals surface area contributed by atoms with E-state index in [9.17, 15) is 5.11 Å². The minimum atomic E-state index is -1.02. The number of hydrogen-bond acceptors (Lipinski definition) is 4. The van der Waals surface area contributed by atoms with Gasteiger partial charge >= 0.3 is 0 Å². The van der Waals surface area contributed by atoms with E-state index in [0.717, 1.165) is 0 Å². The summed E-state index contributed by atoms with van der Waals surface area (Å²) in [6.45, 7) is 4.04. The highest BCUT2D eigenvalue weighted by atomic mass is 31.0. The van der Waals surface area contributed by atoms with Gasteiger partial charge in [-0.2, -0.15) is 0 Å². The van der Waals surface area contributed by atoms with E-state index in [1.807, 2.05) is 7.85 Å². The monoisotopic (exact) mass is 228 g/mol. The van der Waals surface area contributed by atoms with Crippen LogP contribution in [-0.2, 0) is 14.2 Å². The quantitative estimate of drug-likeness (QED) is 0.385. The van der Waals surface area contributed by atoms with E-state index in [-0.39, 0.29) is 12.1 Å². The molecule has 0 spiro atoms. The van der Waals surface area contributed by atoms with Gasteiger partial charge in [-0.1, -0.05) is 14.9 Å². The zero-order valence-electron chi connectivity index (χ0n) is 8.60. The minimum absolute atomic E-state index is 0.218. The van der Waals surface area contributed by atoms with Crippen LogP contribution in [0.3, 0.4) is 0 Å². The number of ether oxygens (including phenoxy) is 3. The summed E-state index contributed by atoms with van der Waals surface area (Å²) in [5.74, 6) is 0. The van der Waals surface area contributed by atoms with Gasteiger partial charge in [0.2, 0.25) is 5.67 Å². The predicted octanol–water partition coefficient (Wildman–Crippen LogP) is -0.703. The molecule has 2 saturated heterocycles. The Kier molecular flexibility index (Phi) is 3.01. The van der Waals surface area contributed by atoms with Crippen LogP contribution in [-0.4, -0.2) is 49.0 Å². The van der Waals surface area contributed by atoms with Crippen molar-refractivity contribution in [1.29, 1.82) is 0 Å². The Morgan fingerprint density at radius 3 is 3.13 bits per heavy atom. The predicted molar refractivity (Wildman–Crippen MR) is 61.1 cm³/mol. The molecule has 0 aliphatic carbocycles. The van der Waals surface area contributed by atoms with Crippen LogP contribution in [0.4, 0.5) is 0 Å². The normalized spacial score (nSPS) is 45.1.